The molecule has 1 atom stereocenters. The third kappa shape index (κ3) is 4.64. The first-order valence-corrected chi connectivity index (χ1v) is 9.00. The van der Waals surface area contributed by atoms with E-state index in [0.29, 0.717) is 18.0 Å². The first-order valence-electron chi connectivity index (χ1n) is 6.14. The van der Waals surface area contributed by atoms with Gasteiger partial charge < -0.3 is 14.8 Å². The molecular formula is C13H20BrNO4S. The van der Waals surface area contributed by atoms with Gasteiger partial charge in [0.1, 0.15) is 9.84 Å². The zero-order valence-electron chi connectivity index (χ0n) is 12.1. The molecule has 1 aromatic carbocycles. The van der Waals surface area contributed by atoms with E-state index in [2.05, 4.69) is 21.2 Å². The average molecular weight is 366 g/mol. The summed E-state index contributed by atoms with van der Waals surface area (Å²) in [5, 5.41) is 3.18. The summed E-state index contributed by atoms with van der Waals surface area (Å²) >= 11 is 3.46. The molecule has 0 bridgehead atoms. The lowest BCUT2D eigenvalue weighted by molar-refractivity contribution is 0.353. The molecule has 1 aromatic rings. The van der Waals surface area contributed by atoms with Gasteiger partial charge in [-0.05, 0) is 24.2 Å². The van der Waals surface area contributed by atoms with Gasteiger partial charge in [0.25, 0.3) is 0 Å². The van der Waals surface area contributed by atoms with E-state index in [9.17, 15) is 8.42 Å². The monoisotopic (exact) mass is 365 g/mol. The van der Waals surface area contributed by atoms with Gasteiger partial charge in [0.15, 0.2) is 11.5 Å². The van der Waals surface area contributed by atoms with Crippen LogP contribution in [0.25, 0.3) is 0 Å². The normalized spacial score (nSPS) is 13.1. The minimum atomic E-state index is -3.10. The zero-order chi connectivity index (χ0) is 15.3. The Morgan fingerprint density at radius 1 is 1.25 bits per heavy atom. The molecule has 0 saturated carbocycles. The molecule has 0 fully saturated rings. The summed E-state index contributed by atoms with van der Waals surface area (Å²) in [4.78, 5) is 0. The van der Waals surface area contributed by atoms with Crippen molar-refractivity contribution >= 4 is 25.8 Å². The summed E-state index contributed by atoms with van der Waals surface area (Å²) in [6.07, 6.45) is 1.23. The van der Waals surface area contributed by atoms with Crippen LogP contribution in [0.15, 0.2) is 16.6 Å². The molecule has 0 aliphatic rings. The predicted octanol–water partition coefficient (Wildman–Crippen LogP) is 2.16. The van der Waals surface area contributed by atoms with E-state index in [1.165, 1.54) is 6.26 Å². The first kappa shape index (κ1) is 17.3. The van der Waals surface area contributed by atoms with Crippen LogP contribution in [0.1, 0.15) is 18.5 Å². The number of sulfone groups is 1. The quantitative estimate of drug-likeness (QED) is 0.801. The Morgan fingerprint density at radius 2 is 1.80 bits per heavy atom. The lowest BCUT2D eigenvalue weighted by atomic mass is 10.1. The maximum Gasteiger partial charge on any atom is 0.161 e. The van der Waals surface area contributed by atoms with Crippen LogP contribution in [0, 0.1) is 0 Å². The van der Waals surface area contributed by atoms with Gasteiger partial charge in [-0.2, -0.15) is 0 Å². The highest BCUT2D eigenvalue weighted by atomic mass is 79.9. The molecule has 0 heterocycles. The highest BCUT2D eigenvalue weighted by Gasteiger charge is 2.21. The molecule has 0 saturated heterocycles. The van der Waals surface area contributed by atoms with Gasteiger partial charge in [-0.25, -0.2) is 8.42 Å². The van der Waals surface area contributed by atoms with E-state index < -0.39 is 9.84 Å². The smallest absolute Gasteiger partial charge is 0.161 e. The molecule has 0 radical (unpaired) electrons. The van der Waals surface area contributed by atoms with E-state index in [1.807, 2.05) is 6.92 Å². The van der Waals surface area contributed by atoms with Gasteiger partial charge in [0.05, 0.1) is 20.0 Å². The molecule has 5 nitrogen and oxygen atoms in total. The highest BCUT2D eigenvalue weighted by Crippen LogP contribution is 2.36. The molecule has 1 rings (SSSR count). The third-order valence-corrected chi connectivity index (χ3v) is 4.42. The van der Waals surface area contributed by atoms with Crippen molar-refractivity contribution in [3.8, 4) is 11.5 Å². The van der Waals surface area contributed by atoms with E-state index in [1.54, 1.807) is 26.4 Å². The van der Waals surface area contributed by atoms with Gasteiger partial charge in [0.2, 0.25) is 0 Å². The van der Waals surface area contributed by atoms with Crippen LogP contribution < -0.4 is 14.8 Å². The summed E-state index contributed by atoms with van der Waals surface area (Å²) in [7, 11) is 0.00664. The van der Waals surface area contributed by atoms with Gasteiger partial charge in [-0.15, -0.1) is 0 Å². The lowest BCUT2D eigenvalue weighted by Gasteiger charge is -2.20. The number of hydrogen-bond donors (Lipinski definition) is 1. The second-order valence-electron chi connectivity index (χ2n) is 4.43. The number of halogens is 1. The van der Waals surface area contributed by atoms with Crippen LogP contribution in [0.3, 0.4) is 0 Å². The van der Waals surface area contributed by atoms with Crippen LogP contribution in [-0.2, 0) is 9.84 Å². The molecule has 0 aliphatic heterocycles. The molecule has 114 valence electrons. The second-order valence-corrected chi connectivity index (χ2v) is 7.47. The standard InChI is InChI=1S/C13H20BrNO4S/c1-5-15-11(8-20(4,16)17)9-6-12(18-2)13(19-3)7-10(9)14/h6-7,11,15H,5,8H2,1-4H3. The summed E-state index contributed by atoms with van der Waals surface area (Å²) in [5.41, 5.74) is 0.829. The molecule has 1 N–H and O–H groups in total. The molecule has 0 spiro atoms. The minimum Gasteiger partial charge on any atom is -0.493 e. The van der Waals surface area contributed by atoms with E-state index >= 15 is 0 Å². The van der Waals surface area contributed by atoms with Gasteiger partial charge >= 0.3 is 0 Å². The Labute approximate surface area is 128 Å². The van der Waals surface area contributed by atoms with Crippen molar-refractivity contribution in [2.45, 2.75) is 13.0 Å². The molecule has 7 heteroatoms. The maximum absolute atomic E-state index is 11.6. The Morgan fingerprint density at radius 3 is 2.25 bits per heavy atom. The van der Waals surface area contributed by atoms with Crippen molar-refractivity contribution in [3.63, 3.8) is 0 Å². The number of benzene rings is 1. The predicted molar refractivity (Wildman–Crippen MR) is 83.4 cm³/mol. The average Bonchev–Trinajstić information content (AvgIpc) is 2.36. The van der Waals surface area contributed by atoms with Gasteiger partial charge in [0, 0.05) is 16.8 Å². The topological polar surface area (TPSA) is 64.6 Å². The summed E-state index contributed by atoms with van der Waals surface area (Å²) in [6, 6.07) is 3.27. The van der Waals surface area contributed by atoms with Crippen molar-refractivity contribution in [2.75, 3.05) is 32.8 Å². The van der Waals surface area contributed by atoms with Crippen molar-refractivity contribution in [3.05, 3.63) is 22.2 Å². The Bertz CT molecular complexity index is 560. The SMILES string of the molecule is CCNC(CS(C)(=O)=O)c1cc(OC)c(OC)cc1Br. The van der Waals surface area contributed by atoms with Crippen LogP contribution in [-0.4, -0.2) is 41.2 Å². The molecule has 0 aromatic heterocycles. The number of hydrogen-bond acceptors (Lipinski definition) is 5. The molecular weight excluding hydrogens is 346 g/mol. The van der Waals surface area contributed by atoms with E-state index in [0.717, 1.165) is 10.0 Å². The van der Waals surface area contributed by atoms with Crippen LogP contribution in [0.4, 0.5) is 0 Å². The Balaban J connectivity index is 3.25. The lowest BCUT2D eigenvalue weighted by Crippen LogP contribution is -2.28. The van der Waals surface area contributed by atoms with Gasteiger partial charge in [-0.1, -0.05) is 22.9 Å². The molecule has 1 unspecified atom stereocenters. The fourth-order valence-corrected chi connectivity index (χ4v) is 3.45. The van der Waals surface area contributed by atoms with E-state index in [4.69, 9.17) is 9.47 Å². The Hall–Kier alpha value is -0.790. The minimum absolute atomic E-state index is 0.0227. The van der Waals surface area contributed by atoms with Crippen molar-refractivity contribution in [2.24, 2.45) is 0 Å². The summed E-state index contributed by atoms with van der Waals surface area (Å²) < 4.78 is 34.4. The molecule has 20 heavy (non-hydrogen) atoms. The fraction of sp³-hybridized carbons (Fsp3) is 0.538. The van der Waals surface area contributed by atoms with E-state index in [-0.39, 0.29) is 11.8 Å². The zero-order valence-corrected chi connectivity index (χ0v) is 14.5. The van der Waals surface area contributed by atoms with Crippen molar-refractivity contribution in [1.29, 1.82) is 0 Å². The van der Waals surface area contributed by atoms with Crippen LogP contribution >= 0.6 is 15.9 Å². The van der Waals surface area contributed by atoms with Crippen LogP contribution in [0.2, 0.25) is 0 Å². The molecule has 0 amide bonds. The van der Waals surface area contributed by atoms with Crippen molar-refractivity contribution in [1.82, 2.24) is 5.32 Å². The molecule has 0 aliphatic carbocycles. The largest absolute Gasteiger partial charge is 0.493 e. The number of nitrogens with one attached hydrogen (secondary N) is 1. The van der Waals surface area contributed by atoms with Crippen molar-refractivity contribution < 1.29 is 17.9 Å². The maximum atomic E-state index is 11.6. The first-order chi connectivity index (χ1) is 9.32. The third-order valence-electron chi connectivity index (χ3n) is 2.80. The van der Waals surface area contributed by atoms with Gasteiger partial charge in [-0.3, -0.25) is 0 Å². The summed E-state index contributed by atoms with van der Waals surface area (Å²) in [5.74, 6) is 1.19. The number of methoxy groups -OCH3 is 2. The highest BCUT2D eigenvalue weighted by molar-refractivity contribution is 9.10. The number of rotatable bonds is 7. The Kier molecular flexibility index (Phi) is 6.29. The van der Waals surface area contributed by atoms with Crippen LogP contribution in [0.5, 0.6) is 11.5 Å². The summed E-state index contributed by atoms with van der Waals surface area (Å²) in [6.45, 7) is 2.60. The number of ether oxygens (including phenoxy) is 2. The fourth-order valence-electron chi connectivity index (χ4n) is 1.94. The second kappa shape index (κ2) is 7.28.